The van der Waals surface area contributed by atoms with Crippen molar-refractivity contribution in [1.29, 1.82) is 0 Å². The average molecular weight is 469 g/mol. The van der Waals surface area contributed by atoms with Crippen molar-refractivity contribution < 1.29 is 24.5 Å². The van der Waals surface area contributed by atoms with E-state index in [1.54, 1.807) is 34.0 Å². The molecule has 3 aromatic rings. The summed E-state index contributed by atoms with van der Waals surface area (Å²) in [6, 6.07) is 7.74. The van der Waals surface area contributed by atoms with E-state index in [2.05, 4.69) is 5.10 Å². The van der Waals surface area contributed by atoms with Gasteiger partial charge < -0.3 is 19.8 Å². The number of hydrogen-bond acceptors (Lipinski definition) is 6. The molecule has 0 saturated carbocycles. The van der Waals surface area contributed by atoms with E-state index >= 15 is 0 Å². The van der Waals surface area contributed by atoms with E-state index in [0.29, 0.717) is 31.6 Å². The van der Waals surface area contributed by atoms with Crippen LogP contribution in [-0.2, 0) is 11.3 Å². The van der Waals surface area contributed by atoms with Gasteiger partial charge in [0.25, 0.3) is 5.56 Å². The molecule has 1 aromatic carbocycles. The number of aromatic carboxylic acids is 1. The average Bonchev–Trinajstić information content (AvgIpc) is 3.14. The zero-order valence-electron chi connectivity index (χ0n) is 19.4. The molecule has 1 saturated heterocycles. The number of aromatic nitrogens is 3. The molecule has 10 nitrogen and oxygen atoms in total. The molecule has 0 unspecified atom stereocenters. The highest BCUT2D eigenvalue weighted by atomic mass is 16.6. The highest BCUT2D eigenvalue weighted by Gasteiger charge is 2.36. The minimum Gasteiger partial charge on any atom is -0.478 e. The van der Waals surface area contributed by atoms with Crippen LogP contribution in [0.1, 0.15) is 44.0 Å². The quantitative estimate of drug-likeness (QED) is 0.603. The standard InChI is InChI=1S/C24H28N4O6/c1-23(2,3)34-22(32)26-10-8-24(33,9-11-26)15-28-19-6-5-18(12-17(19)13-25-28)27-14-16(21(30)31)4-7-20(27)29/h4-7,12-14,33H,8-11,15H2,1-3H3,(H,30,31). The Morgan fingerprint density at radius 3 is 2.50 bits per heavy atom. The molecule has 3 heterocycles. The molecular weight excluding hydrogens is 440 g/mol. The third-order valence-corrected chi connectivity index (χ3v) is 5.85. The fraction of sp³-hybridized carbons (Fsp3) is 0.417. The molecule has 0 spiro atoms. The van der Waals surface area contributed by atoms with Crippen LogP contribution in [0.4, 0.5) is 4.79 Å². The highest BCUT2D eigenvalue weighted by Crippen LogP contribution is 2.27. The number of carboxylic acids is 1. The fourth-order valence-electron chi connectivity index (χ4n) is 4.03. The number of nitrogens with zero attached hydrogens (tertiary/aromatic N) is 4. The van der Waals surface area contributed by atoms with Crippen LogP contribution in [0.15, 0.2) is 47.5 Å². The molecule has 4 rings (SSSR count). The number of piperidine rings is 1. The maximum atomic E-state index is 12.3. The number of rotatable bonds is 4. The maximum Gasteiger partial charge on any atom is 0.410 e. The first-order chi connectivity index (χ1) is 15.9. The van der Waals surface area contributed by atoms with Crippen LogP contribution in [-0.4, -0.2) is 65.8 Å². The summed E-state index contributed by atoms with van der Waals surface area (Å²) in [7, 11) is 0. The summed E-state index contributed by atoms with van der Waals surface area (Å²) < 4.78 is 8.40. The van der Waals surface area contributed by atoms with E-state index in [9.17, 15) is 24.6 Å². The Kier molecular flexibility index (Phi) is 5.94. The monoisotopic (exact) mass is 468 g/mol. The lowest BCUT2D eigenvalue weighted by atomic mass is 9.91. The number of carbonyl (C=O) groups excluding carboxylic acids is 1. The number of likely N-dealkylation sites (tertiary alicyclic amines) is 1. The number of amides is 1. The van der Waals surface area contributed by atoms with Gasteiger partial charge in [-0.05, 0) is 57.9 Å². The lowest BCUT2D eigenvalue weighted by molar-refractivity contribution is -0.0425. The van der Waals surface area contributed by atoms with Crippen molar-refractivity contribution in [2.75, 3.05) is 13.1 Å². The van der Waals surface area contributed by atoms with E-state index in [1.807, 2.05) is 20.8 Å². The number of ether oxygens (including phenoxy) is 1. The predicted molar refractivity (Wildman–Crippen MR) is 124 cm³/mol. The normalized spacial score (nSPS) is 15.9. The Labute approximate surface area is 196 Å². The Hall–Kier alpha value is -3.66. The molecule has 2 N–H and O–H groups in total. The number of fused-ring (bicyclic) bond motifs is 1. The van der Waals surface area contributed by atoms with Crippen LogP contribution in [0.3, 0.4) is 0 Å². The summed E-state index contributed by atoms with van der Waals surface area (Å²) in [5.41, 5.74) is -0.641. The van der Waals surface area contributed by atoms with Gasteiger partial charge in [-0.15, -0.1) is 0 Å². The van der Waals surface area contributed by atoms with Gasteiger partial charge in [0.1, 0.15) is 5.60 Å². The lowest BCUT2D eigenvalue weighted by Crippen LogP contribution is -2.49. The second kappa shape index (κ2) is 8.60. The van der Waals surface area contributed by atoms with Crippen LogP contribution in [0.5, 0.6) is 0 Å². The molecule has 0 radical (unpaired) electrons. The zero-order valence-corrected chi connectivity index (χ0v) is 19.4. The Morgan fingerprint density at radius 1 is 1.15 bits per heavy atom. The first-order valence-corrected chi connectivity index (χ1v) is 11.1. The van der Waals surface area contributed by atoms with E-state index in [0.717, 1.165) is 10.9 Å². The third-order valence-electron chi connectivity index (χ3n) is 5.85. The molecule has 10 heteroatoms. The maximum absolute atomic E-state index is 12.3. The summed E-state index contributed by atoms with van der Waals surface area (Å²) in [5, 5.41) is 25.5. The Bertz CT molecular complexity index is 1290. The highest BCUT2D eigenvalue weighted by molar-refractivity contribution is 5.87. The molecule has 1 fully saturated rings. The van der Waals surface area contributed by atoms with E-state index in [4.69, 9.17) is 4.74 Å². The summed E-state index contributed by atoms with van der Waals surface area (Å²) >= 11 is 0. The number of hydrogen-bond donors (Lipinski definition) is 2. The van der Waals surface area contributed by atoms with Gasteiger partial charge >= 0.3 is 12.1 Å². The van der Waals surface area contributed by atoms with Gasteiger partial charge in [-0.1, -0.05) is 0 Å². The smallest absolute Gasteiger partial charge is 0.410 e. The first-order valence-electron chi connectivity index (χ1n) is 11.1. The Balaban J connectivity index is 1.50. The number of benzene rings is 1. The molecule has 0 atom stereocenters. The fourth-order valence-corrected chi connectivity index (χ4v) is 4.03. The molecule has 2 aromatic heterocycles. The van der Waals surface area contributed by atoms with Crippen LogP contribution in [0.25, 0.3) is 16.6 Å². The van der Waals surface area contributed by atoms with Crippen LogP contribution >= 0.6 is 0 Å². The number of carbonyl (C=O) groups is 2. The summed E-state index contributed by atoms with van der Waals surface area (Å²) in [6.07, 6.45) is 3.34. The first kappa shape index (κ1) is 23.5. The molecule has 1 aliphatic heterocycles. The van der Waals surface area contributed by atoms with Gasteiger partial charge in [0.05, 0.1) is 29.4 Å². The van der Waals surface area contributed by atoms with E-state index < -0.39 is 17.2 Å². The van der Waals surface area contributed by atoms with Crippen molar-refractivity contribution in [3.63, 3.8) is 0 Å². The number of carboxylic acid groups (broad SMARTS) is 1. The molecule has 1 aliphatic rings. The number of pyridine rings is 1. The van der Waals surface area contributed by atoms with Crippen LogP contribution < -0.4 is 5.56 Å². The molecule has 0 bridgehead atoms. The minimum absolute atomic E-state index is 0.00957. The van der Waals surface area contributed by atoms with Gasteiger partial charge in [-0.25, -0.2) is 9.59 Å². The Morgan fingerprint density at radius 2 is 1.85 bits per heavy atom. The van der Waals surface area contributed by atoms with Crippen molar-refractivity contribution >= 4 is 23.0 Å². The molecule has 0 aliphatic carbocycles. The lowest BCUT2D eigenvalue weighted by Gasteiger charge is -2.38. The second-order valence-electron chi connectivity index (χ2n) is 9.67. The van der Waals surface area contributed by atoms with Gasteiger partial charge in [0, 0.05) is 36.4 Å². The van der Waals surface area contributed by atoms with Crippen LogP contribution in [0.2, 0.25) is 0 Å². The summed E-state index contributed by atoms with van der Waals surface area (Å²) in [6.45, 7) is 6.48. The summed E-state index contributed by atoms with van der Waals surface area (Å²) in [5.74, 6) is -1.12. The molecule has 34 heavy (non-hydrogen) atoms. The van der Waals surface area contributed by atoms with Gasteiger partial charge in [-0.2, -0.15) is 5.10 Å². The predicted octanol–water partition coefficient (Wildman–Crippen LogP) is 2.65. The molecule has 1 amide bonds. The van der Waals surface area contributed by atoms with Crippen molar-refractivity contribution in [2.45, 2.75) is 51.4 Å². The SMILES string of the molecule is CC(C)(C)OC(=O)N1CCC(O)(Cn2ncc3cc(-n4cc(C(=O)O)ccc4=O)ccc32)CC1. The largest absolute Gasteiger partial charge is 0.478 e. The van der Waals surface area contributed by atoms with Crippen molar-refractivity contribution in [2.24, 2.45) is 0 Å². The second-order valence-corrected chi connectivity index (χ2v) is 9.67. The van der Waals surface area contributed by atoms with Crippen molar-refractivity contribution in [1.82, 2.24) is 19.2 Å². The zero-order chi connectivity index (χ0) is 24.7. The summed E-state index contributed by atoms with van der Waals surface area (Å²) in [4.78, 5) is 37.4. The topological polar surface area (TPSA) is 127 Å². The molecular formula is C24H28N4O6. The van der Waals surface area contributed by atoms with Crippen molar-refractivity contribution in [3.8, 4) is 5.69 Å². The van der Waals surface area contributed by atoms with E-state index in [1.165, 1.54) is 22.9 Å². The van der Waals surface area contributed by atoms with Gasteiger partial charge in [-0.3, -0.25) is 14.0 Å². The molecule has 180 valence electrons. The number of aliphatic hydroxyl groups is 1. The van der Waals surface area contributed by atoms with Crippen molar-refractivity contribution in [3.05, 3.63) is 58.6 Å². The van der Waals surface area contributed by atoms with Gasteiger partial charge in [0.15, 0.2) is 0 Å². The third kappa shape index (κ3) is 4.96. The van der Waals surface area contributed by atoms with E-state index in [-0.39, 0.29) is 23.8 Å². The van der Waals surface area contributed by atoms with Gasteiger partial charge in [0.2, 0.25) is 0 Å². The van der Waals surface area contributed by atoms with Crippen LogP contribution in [0, 0.1) is 0 Å². The minimum atomic E-state index is -1.12.